The van der Waals surface area contributed by atoms with Crippen molar-refractivity contribution in [3.05, 3.63) is 59.9 Å². The molecule has 0 amide bonds. The summed E-state index contributed by atoms with van der Waals surface area (Å²) in [6, 6.07) is 14.0. The van der Waals surface area contributed by atoms with Crippen molar-refractivity contribution in [2.24, 2.45) is 0 Å². The van der Waals surface area contributed by atoms with Gasteiger partial charge in [-0.15, -0.1) is 0 Å². The Bertz CT molecular complexity index is 499. The van der Waals surface area contributed by atoms with Gasteiger partial charge in [-0.1, -0.05) is 30.3 Å². The molecule has 3 heteroatoms. The summed E-state index contributed by atoms with van der Waals surface area (Å²) in [6.07, 6.45) is 0. The topological polar surface area (TPSA) is 21.3 Å². The standard InChI is InChI=1S/C14H14FNO/c1-16-10-11-6-2-4-8-13(11)17-14-9-5-3-7-12(14)15/h2-9,16H,10H2,1H3. The normalized spacial score (nSPS) is 10.2. The summed E-state index contributed by atoms with van der Waals surface area (Å²) in [7, 11) is 1.86. The van der Waals surface area contributed by atoms with Gasteiger partial charge >= 0.3 is 0 Å². The van der Waals surface area contributed by atoms with E-state index in [0.29, 0.717) is 12.3 Å². The molecule has 0 aromatic heterocycles. The van der Waals surface area contributed by atoms with Gasteiger partial charge in [0.25, 0.3) is 0 Å². The Morgan fingerprint density at radius 3 is 2.35 bits per heavy atom. The third-order valence-corrected chi connectivity index (χ3v) is 2.40. The van der Waals surface area contributed by atoms with Crippen LogP contribution in [0.2, 0.25) is 0 Å². The molecule has 2 aromatic carbocycles. The van der Waals surface area contributed by atoms with E-state index in [1.54, 1.807) is 18.2 Å². The minimum atomic E-state index is -0.355. The second kappa shape index (κ2) is 5.46. The fourth-order valence-electron chi connectivity index (χ4n) is 1.59. The van der Waals surface area contributed by atoms with E-state index in [0.717, 1.165) is 5.56 Å². The van der Waals surface area contributed by atoms with Gasteiger partial charge in [0.2, 0.25) is 0 Å². The maximum atomic E-state index is 13.5. The summed E-state index contributed by atoms with van der Waals surface area (Å²) in [5.74, 6) is 0.565. The van der Waals surface area contributed by atoms with Crippen molar-refractivity contribution in [3.63, 3.8) is 0 Å². The first-order chi connectivity index (χ1) is 8.31. The van der Waals surface area contributed by atoms with Crippen LogP contribution in [-0.4, -0.2) is 7.05 Å². The average Bonchev–Trinajstić information content (AvgIpc) is 2.35. The van der Waals surface area contributed by atoms with Crippen molar-refractivity contribution in [3.8, 4) is 11.5 Å². The second-order valence-electron chi connectivity index (χ2n) is 3.67. The smallest absolute Gasteiger partial charge is 0.165 e. The van der Waals surface area contributed by atoms with Crippen LogP contribution in [-0.2, 0) is 6.54 Å². The van der Waals surface area contributed by atoms with Gasteiger partial charge in [0.15, 0.2) is 11.6 Å². The van der Waals surface area contributed by atoms with Crippen LogP contribution >= 0.6 is 0 Å². The molecule has 0 aliphatic rings. The number of para-hydroxylation sites is 2. The Balaban J connectivity index is 2.27. The number of benzene rings is 2. The number of hydrogen-bond donors (Lipinski definition) is 1. The number of halogens is 1. The van der Waals surface area contributed by atoms with Crippen molar-refractivity contribution in [2.45, 2.75) is 6.54 Å². The molecule has 0 aliphatic carbocycles. The molecule has 0 heterocycles. The minimum Gasteiger partial charge on any atom is -0.454 e. The lowest BCUT2D eigenvalue weighted by molar-refractivity contribution is 0.436. The molecule has 2 aromatic rings. The summed E-state index contributed by atoms with van der Waals surface area (Å²) in [5.41, 5.74) is 0.998. The molecule has 0 fully saturated rings. The predicted octanol–water partition coefficient (Wildman–Crippen LogP) is 3.34. The summed E-state index contributed by atoms with van der Waals surface area (Å²) in [6.45, 7) is 0.685. The molecule has 1 N–H and O–H groups in total. The van der Waals surface area contributed by atoms with E-state index in [4.69, 9.17) is 4.74 Å². The average molecular weight is 231 g/mol. The van der Waals surface area contributed by atoms with E-state index in [1.165, 1.54) is 6.07 Å². The molecule has 0 saturated heterocycles. The van der Waals surface area contributed by atoms with Gasteiger partial charge in [0.1, 0.15) is 5.75 Å². The monoisotopic (exact) mass is 231 g/mol. The van der Waals surface area contributed by atoms with Gasteiger partial charge in [-0.05, 0) is 25.2 Å². The zero-order valence-electron chi connectivity index (χ0n) is 9.61. The van der Waals surface area contributed by atoms with Gasteiger partial charge in [-0.25, -0.2) is 4.39 Å². The summed E-state index contributed by atoms with van der Waals surface area (Å²) >= 11 is 0. The van der Waals surface area contributed by atoms with Crippen LogP contribution in [0.1, 0.15) is 5.56 Å². The number of ether oxygens (including phenoxy) is 1. The van der Waals surface area contributed by atoms with Gasteiger partial charge in [-0.2, -0.15) is 0 Å². The molecule has 2 rings (SSSR count). The van der Waals surface area contributed by atoms with E-state index in [2.05, 4.69) is 5.32 Å². The lowest BCUT2D eigenvalue weighted by atomic mass is 10.2. The van der Waals surface area contributed by atoms with Gasteiger partial charge in [0, 0.05) is 12.1 Å². The molecule has 0 atom stereocenters. The Kier molecular flexibility index (Phi) is 3.73. The highest BCUT2D eigenvalue weighted by atomic mass is 19.1. The molecule has 0 saturated carbocycles. The molecule has 88 valence electrons. The maximum Gasteiger partial charge on any atom is 0.165 e. The van der Waals surface area contributed by atoms with Gasteiger partial charge < -0.3 is 10.1 Å². The third-order valence-electron chi connectivity index (χ3n) is 2.40. The summed E-state index contributed by atoms with van der Waals surface area (Å²) in [4.78, 5) is 0. The van der Waals surface area contributed by atoms with Crippen molar-refractivity contribution in [1.82, 2.24) is 5.32 Å². The lowest BCUT2D eigenvalue weighted by Crippen LogP contribution is -2.06. The van der Waals surface area contributed by atoms with Crippen LogP contribution in [0.25, 0.3) is 0 Å². The fraction of sp³-hybridized carbons (Fsp3) is 0.143. The summed E-state index contributed by atoms with van der Waals surface area (Å²) in [5, 5.41) is 3.05. The first-order valence-corrected chi connectivity index (χ1v) is 5.46. The zero-order valence-corrected chi connectivity index (χ0v) is 9.61. The molecule has 2 nitrogen and oxygen atoms in total. The lowest BCUT2D eigenvalue weighted by Gasteiger charge is -2.11. The largest absolute Gasteiger partial charge is 0.454 e. The highest BCUT2D eigenvalue weighted by Crippen LogP contribution is 2.26. The van der Waals surface area contributed by atoms with Crippen LogP contribution in [0.15, 0.2) is 48.5 Å². The van der Waals surface area contributed by atoms with Crippen LogP contribution in [0.4, 0.5) is 4.39 Å². The minimum absolute atomic E-state index is 0.246. The molecule has 0 bridgehead atoms. The number of hydrogen-bond acceptors (Lipinski definition) is 2. The highest BCUT2D eigenvalue weighted by Gasteiger charge is 2.06. The number of nitrogens with one attached hydrogen (secondary N) is 1. The molecule has 0 radical (unpaired) electrons. The molecule has 17 heavy (non-hydrogen) atoms. The highest BCUT2D eigenvalue weighted by molar-refractivity contribution is 5.38. The van der Waals surface area contributed by atoms with E-state index in [-0.39, 0.29) is 11.6 Å². The Hall–Kier alpha value is -1.87. The predicted molar refractivity (Wildman–Crippen MR) is 65.7 cm³/mol. The number of rotatable bonds is 4. The first kappa shape index (κ1) is 11.6. The van der Waals surface area contributed by atoms with Crippen molar-refractivity contribution < 1.29 is 9.13 Å². The SMILES string of the molecule is CNCc1ccccc1Oc1ccccc1F. The zero-order chi connectivity index (χ0) is 12.1. The van der Waals surface area contributed by atoms with Gasteiger partial charge in [0.05, 0.1) is 0 Å². The van der Waals surface area contributed by atoms with Crippen molar-refractivity contribution in [1.29, 1.82) is 0 Å². The molecular formula is C14H14FNO. The van der Waals surface area contributed by atoms with E-state index in [1.807, 2.05) is 31.3 Å². The fourth-order valence-corrected chi connectivity index (χ4v) is 1.59. The van der Waals surface area contributed by atoms with E-state index in [9.17, 15) is 4.39 Å². The van der Waals surface area contributed by atoms with Crippen molar-refractivity contribution in [2.75, 3.05) is 7.05 Å². The molecule has 0 spiro atoms. The van der Waals surface area contributed by atoms with Gasteiger partial charge in [-0.3, -0.25) is 0 Å². The van der Waals surface area contributed by atoms with Crippen LogP contribution in [0, 0.1) is 5.82 Å². The third kappa shape index (κ3) is 2.82. The Labute approximate surface area is 100 Å². The van der Waals surface area contributed by atoms with Crippen LogP contribution in [0.5, 0.6) is 11.5 Å². The van der Waals surface area contributed by atoms with E-state index < -0.39 is 0 Å². The van der Waals surface area contributed by atoms with Crippen LogP contribution in [0.3, 0.4) is 0 Å². The maximum absolute atomic E-state index is 13.5. The molecular weight excluding hydrogens is 217 g/mol. The quantitative estimate of drug-likeness (QED) is 0.871. The molecule has 0 aliphatic heterocycles. The Morgan fingerprint density at radius 2 is 1.65 bits per heavy atom. The first-order valence-electron chi connectivity index (χ1n) is 5.46. The molecule has 0 unspecified atom stereocenters. The Morgan fingerprint density at radius 1 is 1.00 bits per heavy atom. The van der Waals surface area contributed by atoms with E-state index >= 15 is 0 Å². The van der Waals surface area contributed by atoms with Crippen molar-refractivity contribution >= 4 is 0 Å². The summed E-state index contributed by atoms with van der Waals surface area (Å²) < 4.78 is 19.0. The second-order valence-corrected chi connectivity index (χ2v) is 3.67. The van der Waals surface area contributed by atoms with Crippen LogP contribution < -0.4 is 10.1 Å².